The van der Waals surface area contributed by atoms with Crippen LogP contribution in [0.2, 0.25) is 0 Å². The molecule has 0 spiro atoms. The van der Waals surface area contributed by atoms with Gasteiger partial charge in [0.15, 0.2) is 5.76 Å². The van der Waals surface area contributed by atoms with Gasteiger partial charge in [0.25, 0.3) is 23.6 Å². The molecule has 3 aromatic carbocycles. The molecule has 2 heterocycles. The number of carbonyl (C=O) groups is 4. The van der Waals surface area contributed by atoms with E-state index in [9.17, 15) is 19.2 Å². The average Bonchev–Trinajstić information content (AvgIpc) is 3.49. The topological polar surface area (TPSA) is 109 Å². The van der Waals surface area contributed by atoms with Gasteiger partial charge in [0.05, 0.1) is 23.1 Å². The second-order valence-electron chi connectivity index (χ2n) is 8.46. The highest BCUT2D eigenvalue weighted by Crippen LogP contribution is 2.32. The number of aryl methyl sites for hydroxylation is 2. The number of benzene rings is 3. The lowest BCUT2D eigenvalue weighted by molar-refractivity contribution is 0.0923. The lowest BCUT2D eigenvalue weighted by atomic mass is 10.1. The molecule has 4 aromatic rings. The fraction of sp³-hybridized carbons (Fsp3) is 0.0714. The van der Waals surface area contributed by atoms with Gasteiger partial charge in [-0.15, -0.1) is 0 Å². The number of anilines is 3. The number of fused-ring (bicyclic) bond motifs is 1. The second kappa shape index (κ2) is 8.99. The van der Waals surface area contributed by atoms with Crippen LogP contribution in [0.4, 0.5) is 17.1 Å². The summed E-state index contributed by atoms with van der Waals surface area (Å²) in [5, 5.41) is 5.46. The van der Waals surface area contributed by atoms with E-state index in [4.69, 9.17) is 4.42 Å². The lowest BCUT2D eigenvalue weighted by Gasteiger charge is -2.17. The molecule has 5 rings (SSSR count). The molecule has 0 unspecified atom stereocenters. The number of nitrogens with zero attached hydrogens (tertiary/aromatic N) is 1. The van der Waals surface area contributed by atoms with E-state index in [-0.39, 0.29) is 28.4 Å². The third-order valence-electron chi connectivity index (χ3n) is 5.90. The van der Waals surface area contributed by atoms with Crippen LogP contribution in [0, 0.1) is 13.8 Å². The minimum Gasteiger partial charge on any atom is -0.459 e. The van der Waals surface area contributed by atoms with Crippen LogP contribution in [0.5, 0.6) is 0 Å². The van der Waals surface area contributed by atoms with Crippen LogP contribution >= 0.6 is 0 Å². The average molecular weight is 479 g/mol. The smallest absolute Gasteiger partial charge is 0.291 e. The first-order valence-corrected chi connectivity index (χ1v) is 11.2. The third kappa shape index (κ3) is 4.16. The molecule has 0 radical (unpaired) electrons. The van der Waals surface area contributed by atoms with Crippen LogP contribution in [-0.4, -0.2) is 23.6 Å². The monoisotopic (exact) mass is 479 g/mol. The van der Waals surface area contributed by atoms with Gasteiger partial charge in [0.1, 0.15) is 0 Å². The van der Waals surface area contributed by atoms with Crippen molar-refractivity contribution in [1.82, 2.24) is 0 Å². The van der Waals surface area contributed by atoms with Crippen LogP contribution in [0.25, 0.3) is 0 Å². The quantitative estimate of drug-likeness (QED) is 0.383. The van der Waals surface area contributed by atoms with Crippen molar-refractivity contribution in [3.8, 4) is 0 Å². The summed E-state index contributed by atoms with van der Waals surface area (Å²) in [5.41, 5.74) is 3.98. The molecule has 178 valence electrons. The Morgan fingerprint density at radius 2 is 1.42 bits per heavy atom. The van der Waals surface area contributed by atoms with Crippen molar-refractivity contribution >= 4 is 40.7 Å². The van der Waals surface area contributed by atoms with Crippen molar-refractivity contribution in [2.24, 2.45) is 0 Å². The molecule has 0 fully saturated rings. The molecule has 0 bridgehead atoms. The number of rotatable bonds is 5. The van der Waals surface area contributed by atoms with Gasteiger partial charge in [-0.25, -0.2) is 4.90 Å². The Kier molecular flexibility index (Phi) is 5.69. The van der Waals surface area contributed by atoms with Crippen LogP contribution in [-0.2, 0) is 0 Å². The second-order valence-corrected chi connectivity index (χ2v) is 8.46. The van der Waals surface area contributed by atoms with Crippen LogP contribution in [0.3, 0.4) is 0 Å². The maximum Gasteiger partial charge on any atom is 0.291 e. The summed E-state index contributed by atoms with van der Waals surface area (Å²) in [7, 11) is 0. The molecule has 0 aliphatic carbocycles. The molecule has 8 heteroatoms. The van der Waals surface area contributed by atoms with E-state index in [0.29, 0.717) is 17.1 Å². The fourth-order valence-corrected chi connectivity index (χ4v) is 4.00. The minimum absolute atomic E-state index is 0.185. The van der Waals surface area contributed by atoms with Crippen molar-refractivity contribution in [2.75, 3.05) is 15.5 Å². The van der Waals surface area contributed by atoms with E-state index in [1.54, 1.807) is 42.5 Å². The molecule has 0 saturated heterocycles. The predicted molar refractivity (Wildman–Crippen MR) is 135 cm³/mol. The first-order valence-electron chi connectivity index (χ1n) is 11.2. The Morgan fingerprint density at radius 3 is 2.08 bits per heavy atom. The summed E-state index contributed by atoms with van der Waals surface area (Å²) >= 11 is 0. The summed E-state index contributed by atoms with van der Waals surface area (Å²) in [4.78, 5) is 52.3. The molecule has 4 amide bonds. The molecule has 1 aliphatic heterocycles. The zero-order valence-electron chi connectivity index (χ0n) is 19.5. The molecule has 1 aliphatic rings. The van der Waals surface area contributed by atoms with Gasteiger partial charge in [-0.05, 0) is 85.6 Å². The highest BCUT2D eigenvalue weighted by Gasteiger charge is 2.37. The van der Waals surface area contributed by atoms with Gasteiger partial charge in [0, 0.05) is 16.9 Å². The van der Waals surface area contributed by atoms with Gasteiger partial charge in [0.2, 0.25) is 0 Å². The first-order chi connectivity index (χ1) is 17.3. The van der Waals surface area contributed by atoms with E-state index < -0.39 is 17.7 Å². The van der Waals surface area contributed by atoms with Crippen LogP contribution in [0.1, 0.15) is 52.8 Å². The summed E-state index contributed by atoms with van der Waals surface area (Å²) < 4.78 is 5.06. The Labute approximate surface area is 206 Å². The molecule has 0 saturated carbocycles. The zero-order chi connectivity index (χ0) is 25.4. The van der Waals surface area contributed by atoms with Crippen molar-refractivity contribution in [1.29, 1.82) is 0 Å². The molecule has 36 heavy (non-hydrogen) atoms. The summed E-state index contributed by atoms with van der Waals surface area (Å²) in [6.45, 7) is 3.73. The number of nitrogens with one attached hydrogen (secondary N) is 2. The largest absolute Gasteiger partial charge is 0.459 e. The number of carbonyl (C=O) groups excluding carboxylic acids is 4. The minimum atomic E-state index is -0.463. The molecule has 0 atom stereocenters. The highest BCUT2D eigenvalue weighted by atomic mass is 16.3. The number of furan rings is 1. The number of amides is 4. The number of hydrogen-bond acceptors (Lipinski definition) is 5. The Balaban J connectivity index is 1.31. The van der Waals surface area contributed by atoms with E-state index in [2.05, 4.69) is 10.6 Å². The van der Waals surface area contributed by atoms with Crippen LogP contribution < -0.4 is 15.5 Å². The Hall–Kier alpha value is -4.98. The maximum absolute atomic E-state index is 13.1. The zero-order valence-corrected chi connectivity index (χ0v) is 19.5. The number of hydrogen-bond donors (Lipinski definition) is 2. The Bertz CT molecular complexity index is 1520. The van der Waals surface area contributed by atoms with Crippen molar-refractivity contribution in [3.05, 3.63) is 113 Å². The van der Waals surface area contributed by atoms with Crippen molar-refractivity contribution in [3.63, 3.8) is 0 Å². The van der Waals surface area contributed by atoms with Gasteiger partial charge in [-0.1, -0.05) is 12.1 Å². The van der Waals surface area contributed by atoms with E-state index in [1.807, 2.05) is 26.0 Å². The van der Waals surface area contributed by atoms with E-state index >= 15 is 0 Å². The first kappa shape index (κ1) is 22.8. The Morgan fingerprint density at radius 1 is 0.750 bits per heavy atom. The molecule has 2 N–H and O–H groups in total. The van der Waals surface area contributed by atoms with Crippen LogP contribution in [0.15, 0.2) is 83.5 Å². The molecule has 1 aromatic heterocycles. The fourth-order valence-electron chi connectivity index (χ4n) is 4.00. The standard InChI is InChI=1S/C28H21N3O5/c1-16-5-6-17(2)23(14-16)31-27(34)21-12-7-18(15-22(21)28(31)35)25(32)29-19-8-10-20(11-9-19)30-26(33)24-4-3-13-36-24/h3-15H,1-2H3,(H,29,32)(H,30,33). The highest BCUT2D eigenvalue weighted by molar-refractivity contribution is 6.35. The van der Waals surface area contributed by atoms with Gasteiger partial charge < -0.3 is 15.1 Å². The van der Waals surface area contributed by atoms with E-state index in [1.165, 1.54) is 24.5 Å². The van der Waals surface area contributed by atoms with E-state index in [0.717, 1.165) is 16.0 Å². The molecular formula is C28H21N3O5. The normalized spacial score (nSPS) is 12.4. The van der Waals surface area contributed by atoms with Gasteiger partial charge in [-0.2, -0.15) is 0 Å². The molecular weight excluding hydrogens is 458 g/mol. The maximum atomic E-state index is 13.1. The third-order valence-corrected chi connectivity index (χ3v) is 5.90. The van der Waals surface area contributed by atoms with Gasteiger partial charge >= 0.3 is 0 Å². The lowest BCUT2D eigenvalue weighted by Crippen LogP contribution is -2.30. The summed E-state index contributed by atoms with van der Waals surface area (Å²) in [6, 6.07) is 19.8. The SMILES string of the molecule is Cc1ccc(C)c(N2C(=O)c3ccc(C(=O)Nc4ccc(NC(=O)c5ccco5)cc4)cc3C2=O)c1. The predicted octanol–water partition coefficient (Wildman–Crippen LogP) is 5.20. The summed E-state index contributed by atoms with van der Waals surface area (Å²) in [6.07, 6.45) is 1.41. The van der Waals surface area contributed by atoms with Crippen molar-refractivity contribution < 1.29 is 23.6 Å². The summed E-state index contributed by atoms with van der Waals surface area (Å²) in [5.74, 6) is -1.51. The number of imide groups is 1. The van der Waals surface area contributed by atoms with Gasteiger partial charge in [-0.3, -0.25) is 19.2 Å². The molecule has 8 nitrogen and oxygen atoms in total. The van der Waals surface area contributed by atoms with Crippen molar-refractivity contribution in [2.45, 2.75) is 13.8 Å².